The summed E-state index contributed by atoms with van der Waals surface area (Å²) in [6.07, 6.45) is 6.69. The lowest BCUT2D eigenvalue weighted by Gasteiger charge is -2.01. The van der Waals surface area contributed by atoms with Crippen molar-refractivity contribution >= 4 is 12.1 Å². The van der Waals surface area contributed by atoms with Crippen LogP contribution in [0, 0.1) is 0 Å². The van der Waals surface area contributed by atoms with Crippen molar-refractivity contribution in [2.24, 2.45) is 5.10 Å². The van der Waals surface area contributed by atoms with Crippen LogP contribution in [0.1, 0.15) is 21.5 Å². The molecule has 29 heavy (non-hydrogen) atoms. The fraction of sp³-hybridized carbons (Fsp3) is 0.0435. The van der Waals surface area contributed by atoms with E-state index in [0.717, 1.165) is 22.4 Å². The number of pyridine rings is 1. The molecule has 2 heterocycles. The number of aromatic nitrogens is 3. The first kappa shape index (κ1) is 18.3. The highest BCUT2D eigenvalue weighted by atomic mass is 16.2. The first-order valence-electron chi connectivity index (χ1n) is 9.20. The first-order chi connectivity index (χ1) is 14.3. The van der Waals surface area contributed by atoms with Gasteiger partial charge in [-0.05, 0) is 17.7 Å². The second kappa shape index (κ2) is 8.75. The normalized spacial score (nSPS) is 10.9. The first-order valence-corrected chi connectivity index (χ1v) is 9.20. The Kier molecular flexibility index (Phi) is 5.53. The number of hydrogen-bond donors (Lipinski definition) is 1. The SMILES string of the molecule is O=C(NN=Cc1cn(Cc2ccccc2)nc1-c1ccccc1)c1ccncc1. The third-order valence-corrected chi connectivity index (χ3v) is 4.34. The Morgan fingerprint density at radius 2 is 1.66 bits per heavy atom. The molecule has 142 valence electrons. The molecule has 0 unspecified atom stereocenters. The highest BCUT2D eigenvalue weighted by molar-refractivity contribution is 5.95. The van der Waals surface area contributed by atoms with Crippen LogP contribution in [-0.4, -0.2) is 26.9 Å². The summed E-state index contributed by atoms with van der Waals surface area (Å²) in [4.78, 5) is 16.1. The molecule has 0 bridgehead atoms. The summed E-state index contributed by atoms with van der Waals surface area (Å²) < 4.78 is 1.88. The van der Waals surface area contributed by atoms with Gasteiger partial charge in [0.1, 0.15) is 5.69 Å². The van der Waals surface area contributed by atoms with Crippen molar-refractivity contribution in [1.29, 1.82) is 0 Å². The van der Waals surface area contributed by atoms with Gasteiger partial charge in [0.25, 0.3) is 5.91 Å². The van der Waals surface area contributed by atoms with Gasteiger partial charge in [-0.25, -0.2) is 5.43 Å². The van der Waals surface area contributed by atoms with E-state index in [0.29, 0.717) is 12.1 Å². The second-order valence-electron chi connectivity index (χ2n) is 6.42. The van der Waals surface area contributed by atoms with Gasteiger partial charge >= 0.3 is 0 Å². The van der Waals surface area contributed by atoms with Gasteiger partial charge in [-0.2, -0.15) is 10.2 Å². The Bertz CT molecular complexity index is 1110. The maximum Gasteiger partial charge on any atom is 0.271 e. The molecule has 0 saturated carbocycles. The third-order valence-electron chi connectivity index (χ3n) is 4.34. The Morgan fingerprint density at radius 1 is 0.966 bits per heavy atom. The summed E-state index contributed by atoms with van der Waals surface area (Å²) in [5, 5.41) is 8.86. The molecule has 0 aliphatic rings. The van der Waals surface area contributed by atoms with Gasteiger partial charge in [-0.3, -0.25) is 14.5 Å². The van der Waals surface area contributed by atoms with Crippen LogP contribution in [0.3, 0.4) is 0 Å². The second-order valence-corrected chi connectivity index (χ2v) is 6.42. The molecule has 2 aromatic heterocycles. The van der Waals surface area contributed by atoms with Crippen LogP contribution in [0.5, 0.6) is 0 Å². The van der Waals surface area contributed by atoms with Crippen LogP contribution in [0.25, 0.3) is 11.3 Å². The maximum absolute atomic E-state index is 12.2. The standard InChI is InChI=1S/C23H19N5O/c29-23(20-11-13-24-14-12-20)26-25-15-21-17-28(16-18-7-3-1-4-8-18)27-22(21)19-9-5-2-6-10-19/h1-15,17H,16H2,(H,26,29). The van der Waals surface area contributed by atoms with E-state index in [1.807, 2.05) is 59.4 Å². The lowest BCUT2D eigenvalue weighted by atomic mass is 10.1. The van der Waals surface area contributed by atoms with Crippen molar-refractivity contribution in [3.63, 3.8) is 0 Å². The summed E-state index contributed by atoms with van der Waals surface area (Å²) >= 11 is 0. The zero-order valence-electron chi connectivity index (χ0n) is 15.6. The van der Waals surface area contributed by atoms with E-state index in [1.165, 1.54) is 0 Å². The van der Waals surface area contributed by atoms with E-state index in [1.54, 1.807) is 30.7 Å². The number of nitrogens with zero attached hydrogens (tertiary/aromatic N) is 4. The molecule has 6 heteroatoms. The van der Waals surface area contributed by atoms with Crippen molar-refractivity contribution in [3.05, 3.63) is 108 Å². The molecule has 0 radical (unpaired) electrons. The van der Waals surface area contributed by atoms with Gasteiger partial charge in [0.2, 0.25) is 0 Å². The largest absolute Gasteiger partial charge is 0.271 e. The molecule has 6 nitrogen and oxygen atoms in total. The number of hydrazone groups is 1. The van der Waals surface area contributed by atoms with Crippen LogP contribution < -0.4 is 5.43 Å². The number of amides is 1. The number of rotatable bonds is 6. The number of carbonyl (C=O) groups excluding carboxylic acids is 1. The van der Waals surface area contributed by atoms with Crippen molar-refractivity contribution < 1.29 is 4.79 Å². The molecule has 4 rings (SSSR count). The summed E-state index contributed by atoms with van der Waals surface area (Å²) in [7, 11) is 0. The Morgan fingerprint density at radius 3 is 2.38 bits per heavy atom. The molecule has 0 aliphatic heterocycles. The summed E-state index contributed by atoms with van der Waals surface area (Å²) in [5.41, 5.74) is 6.82. The fourth-order valence-corrected chi connectivity index (χ4v) is 2.93. The van der Waals surface area contributed by atoms with E-state index >= 15 is 0 Å². The quantitative estimate of drug-likeness (QED) is 0.408. The average molecular weight is 381 g/mol. The molecule has 1 amide bonds. The van der Waals surface area contributed by atoms with Gasteiger partial charge in [-0.15, -0.1) is 0 Å². The molecule has 0 fully saturated rings. The van der Waals surface area contributed by atoms with E-state index in [9.17, 15) is 4.79 Å². The van der Waals surface area contributed by atoms with E-state index in [2.05, 4.69) is 27.6 Å². The van der Waals surface area contributed by atoms with E-state index < -0.39 is 0 Å². The zero-order chi connectivity index (χ0) is 19.9. The van der Waals surface area contributed by atoms with Gasteiger partial charge in [0.05, 0.1) is 12.8 Å². The molecule has 2 aromatic carbocycles. The third kappa shape index (κ3) is 4.62. The molecule has 1 N–H and O–H groups in total. The van der Waals surface area contributed by atoms with Crippen molar-refractivity contribution in [2.75, 3.05) is 0 Å². The minimum Gasteiger partial charge on any atom is -0.267 e. The molecular formula is C23H19N5O. The highest BCUT2D eigenvalue weighted by Crippen LogP contribution is 2.21. The predicted molar refractivity (Wildman–Crippen MR) is 113 cm³/mol. The van der Waals surface area contributed by atoms with Crippen LogP contribution in [0.4, 0.5) is 0 Å². The average Bonchev–Trinajstić information content (AvgIpc) is 3.18. The van der Waals surface area contributed by atoms with Crippen molar-refractivity contribution in [2.45, 2.75) is 6.54 Å². The Labute approximate surface area is 168 Å². The van der Waals surface area contributed by atoms with Gasteiger partial charge in [0.15, 0.2) is 0 Å². The van der Waals surface area contributed by atoms with Crippen molar-refractivity contribution in [3.8, 4) is 11.3 Å². The van der Waals surface area contributed by atoms with Crippen LogP contribution >= 0.6 is 0 Å². The van der Waals surface area contributed by atoms with Crippen LogP contribution in [-0.2, 0) is 6.54 Å². The monoisotopic (exact) mass is 381 g/mol. The lowest BCUT2D eigenvalue weighted by molar-refractivity contribution is 0.0955. The number of nitrogens with one attached hydrogen (secondary N) is 1. The zero-order valence-corrected chi connectivity index (χ0v) is 15.6. The van der Waals surface area contributed by atoms with Crippen molar-refractivity contribution in [1.82, 2.24) is 20.2 Å². The summed E-state index contributed by atoms with van der Waals surface area (Å²) in [6, 6.07) is 23.3. The van der Waals surface area contributed by atoms with Crippen LogP contribution in [0.15, 0.2) is 96.5 Å². The van der Waals surface area contributed by atoms with Gasteiger partial charge < -0.3 is 0 Å². The van der Waals surface area contributed by atoms with Gasteiger partial charge in [-0.1, -0.05) is 60.7 Å². The lowest BCUT2D eigenvalue weighted by Crippen LogP contribution is -2.17. The Balaban J connectivity index is 1.58. The highest BCUT2D eigenvalue weighted by Gasteiger charge is 2.10. The molecular weight excluding hydrogens is 362 g/mol. The summed E-state index contributed by atoms with van der Waals surface area (Å²) in [6.45, 7) is 0.651. The smallest absolute Gasteiger partial charge is 0.267 e. The van der Waals surface area contributed by atoms with Gasteiger partial charge in [0, 0.05) is 35.3 Å². The minimum absolute atomic E-state index is 0.290. The molecule has 0 atom stereocenters. The topological polar surface area (TPSA) is 72.2 Å². The number of hydrogen-bond acceptors (Lipinski definition) is 4. The number of benzene rings is 2. The van der Waals surface area contributed by atoms with E-state index in [-0.39, 0.29) is 5.91 Å². The summed E-state index contributed by atoms with van der Waals surface area (Å²) in [5.74, 6) is -0.290. The molecule has 4 aromatic rings. The van der Waals surface area contributed by atoms with Crippen LogP contribution in [0.2, 0.25) is 0 Å². The minimum atomic E-state index is -0.290. The van der Waals surface area contributed by atoms with E-state index in [4.69, 9.17) is 5.10 Å². The molecule has 0 spiro atoms. The maximum atomic E-state index is 12.2. The Hall–Kier alpha value is -4.06. The molecule has 0 saturated heterocycles. The number of carbonyl (C=O) groups is 1. The molecule has 0 aliphatic carbocycles. The predicted octanol–water partition coefficient (Wildman–Crippen LogP) is 3.76. The fourth-order valence-electron chi connectivity index (χ4n) is 2.93.